The van der Waals surface area contributed by atoms with Gasteiger partial charge in [-0.25, -0.2) is 0 Å². The Morgan fingerprint density at radius 1 is 1.18 bits per heavy atom. The number of aryl methyl sites for hydroxylation is 1. The highest BCUT2D eigenvalue weighted by atomic mass is 16.5. The van der Waals surface area contributed by atoms with Gasteiger partial charge < -0.3 is 14.9 Å². The van der Waals surface area contributed by atoms with E-state index >= 15 is 0 Å². The van der Waals surface area contributed by atoms with Crippen molar-refractivity contribution >= 4 is 11.9 Å². The lowest BCUT2D eigenvalue weighted by Crippen LogP contribution is -2.37. The maximum absolute atomic E-state index is 12.4. The lowest BCUT2D eigenvalue weighted by Gasteiger charge is -2.18. The number of hydrogen-bond donors (Lipinski definition) is 2. The number of aromatic nitrogens is 2. The molecule has 3 rings (SSSR count). The number of rotatable bonds is 10. The molecular weight excluding hydrogens is 358 g/mol. The van der Waals surface area contributed by atoms with Gasteiger partial charge in [-0.2, -0.15) is 4.98 Å². The Morgan fingerprint density at radius 3 is 2.64 bits per heavy atom. The van der Waals surface area contributed by atoms with Crippen LogP contribution in [0.25, 0.3) is 0 Å². The minimum Gasteiger partial charge on any atom is -0.481 e. The first-order valence-electron chi connectivity index (χ1n) is 9.97. The third-order valence-electron chi connectivity index (χ3n) is 5.17. The summed E-state index contributed by atoms with van der Waals surface area (Å²) >= 11 is 0. The summed E-state index contributed by atoms with van der Waals surface area (Å²) in [7, 11) is 0. The highest BCUT2D eigenvalue weighted by Crippen LogP contribution is 2.32. The fourth-order valence-electron chi connectivity index (χ4n) is 3.66. The van der Waals surface area contributed by atoms with Gasteiger partial charge in [0.1, 0.15) is 0 Å². The molecule has 150 valence electrons. The quantitative estimate of drug-likeness (QED) is 0.650. The first kappa shape index (κ1) is 20.0. The molecule has 1 amide bonds. The molecular formula is C21H27N3O4. The van der Waals surface area contributed by atoms with E-state index in [-0.39, 0.29) is 24.8 Å². The monoisotopic (exact) mass is 385 g/mol. The number of carboxylic acid groups (broad SMARTS) is 1. The van der Waals surface area contributed by atoms with Crippen molar-refractivity contribution < 1.29 is 19.2 Å². The van der Waals surface area contributed by atoms with Crippen LogP contribution in [-0.2, 0) is 22.4 Å². The molecule has 1 aromatic carbocycles. The molecule has 7 nitrogen and oxygen atoms in total. The third kappa shape index (κ3) is 6.18. The number of aliphatic carboxylic acids is 1. The van der Waals surface area contributed by atoms with Crippen molar-refractivity contribution in [2.45, 2.75) is 69.7 Å². The second-order valence-electron chi connectivity index (χ2n) is 7.41. The van der Waals surface area contributed by atoms with Crippen LogP contribution in [0, 0.1) is 0 Å². The lowest BCUT2D eigenvalue weighted by atomic mass is 10.0. The number of hydrogen-bond acceptors (Lipinski definition) is 5. The van der Waals surface area contributed by atoms with Crippen LogP contribution in [0.5, 0.6) is 0 Å². The Morgan fingerprint density at radius 2 is 1.93 bits per heavy atom. The molecule has 2 aromatic rings. The van der Waals surface area contributed by atoms with Crippen molar-refractivity contribution in [3.63, 3.8) is 0 Å². The average Bonchev–Trinajstić information content (AvgIpc) is 3.37. The molecule has 1 saturated carbocycles. The normalized spacial score (nSPS) is 15.4. The predicted octanol–water partition coefficient (Wildman–Crippen LogP) is 3.25. The summed E-state index contributed by atoms with van der Waals surface area (Å²) in [6.07, 6.45) is 6.26. The highest BCUT2D eigenvalue weighted by Gasteiger charge is 2.22. The first-order valence-corrected chi connectivity index (χ1v) is 9.97. The Bertz CT molecular complexity index is 769. The van der Waals surface area contributed by atoms with Gasteiger partial charge in [0, 0.05) is 31.2 Å². The SMILES string of the molecule is O=C(O)CCC(Cc1ccccc1)NC(=O)CCc1nc(C2CCCC2)no1. The number of carboxylic acids is 1. The first-order chi connectivity index (χ1) is 13.6. The topological polar surface area (TPSA) is 105 Å². The van der Waals surface area contributed by atoms with E-state index in [0.717, 1.165) is 24.2 Å². The summed E-state index contributed by atoms with van der Waals surface area (Å²) in [6.45, 7) is 0. The van der Waals surface area contributed by atoms with Crippen molar-refractivity contribution in [1.29, 1.82) is 0 Å². The van der Waals surface area contributed by atoms with E-state index in [1.165, 1.54) is 12.8 Å². The van der Waals surface area contributed by atoms with E-state index in [1.54, 1.807) is 0 Å². The van der Waals surface area contributed by atoms with Crippen molar-refractivity contribution in [1.82, 2.24) is 15.5 Å². The van der Waals surface area contributed by atoms with Gasteiger partial charge in [0.25, 0.3) is 0 Å². The van der Waals surface area contributed by atoms with Crippen molar-refractivity contribution in [3.8, 4) is 0 Å². The van der Waals surface area contributed by atoms with E-state index in [2.05, 4.69) is 15.5 Å². The van der Waals surface area contributed by atoms with E-state index in [4.69, 9.17) is 9.63 Å². The predicted molar refractivity (Wildman–Crippen MR) is 103 cm³/mol. The van der Waals surface area contributed by atoms with E-state index in [9.17, 15) is 9.59 Å². The molecule has 1 fully saturated rings. The van der Waals surface area contributed by atoms with Gasteiger partial charge in [-0.1, -0.05) is 48.3 Å². The minimum atomic E-state index is -0.863. The van der Waals surface area contributed by atoms with Crippen LogP contribution in [0.3, 0.4) is 0 Å². The van der Waals surface area contributed by atoms with Crippen LogP contribution in [0.4, 0.5) is 0 Å². The molecule has 0 radical (unpaired) electrons. The van der Waals surface area contributed by atoms with Crippen LogP contribution >= 0.6 is 0 Å². The average molecular weight is 385 g/mol. The van der Waals surface area contributed by atoms with E-state index < -0.39 is 5.97 Å². The molecule has 28 heavy (non-hydrogen) atoms. The largest absolute Gasteiger partial charge is 0.481 e. The summed E-state index contributed by atoms with van der Waals surface area (Å²) in [4.78, 5) is 27.7. The van der Waals surface area contributed by atoms with Crippen LogP contribution < -0.4 is 5.32 Å². The number of nitrogens with zero attached hydrogens (tertiary/aromatic N) is 2. The Hall–Kier alpha value is -2.70. The summed E-state index contributed by atoms with van der Waals surface area (Å²) in [5.41, 5.74) is 1.07. The summed E-state index contributed by atoms with van der Waals surface area (Å²) < 4.78 is 5.29. The number of carbonyl (C=O) groups is 2. The standard InChI is InChI=1S/C21H27N3O4/c25-18(11-12-19-23-21(24-28-19)16-8-4-5-9-16)22-17(10-13-20(26)27)14-15-6-2-1-3-7-15/h1-3,6-7,16-17H,4-5,8-14H2,(H,22,25)(H,26,27). The smallest absolute Gasteiger partial charge is 0.303 e. The fourth-order valence-corrected chi connectivity index (χ4v) is 3.66. The van der Waals surface area contributed by atoms with Crippen LogP contribution in [0.1, 0.15) is 68.1 Å². The Kier molecular flexibility index (Phi) is 7.17. The van der Waals surface area contributed by atoms with Crippen LogP contribution in [-0.4, -0.2) is 33.2 Å². The number of benzene rings is 1. The Labute approximate surface area is 164 Å². The zero-order valence-corrected chi connectivity index (χ0v) is 16.0. The van der Waals surface area contributed by atoms with E-state index in [0.29, 0.717) is 31.1 Å². The molecule has 0 saturated heterocycles. The number of carbonyl (C=O) groups excluding carboxylic acids is 1. The molecule has 0 aliphatic heterocycles. The van der Waals surface area contributed by atoms with E-state index in [1.807, 2.05) is 30.3 Å². The zero-order valence-electron chi connectivity index (χ0n) is 16.0. The molecule has 1 atom stereocenters. The molecule has 7 heteroatoms. The van der Waals surface area contributed by atoms with Gasteiger partial charge in [0.15, 0.2) is 5.82 Å². The lowest BCUT2D eigenvalue weighted by molar-refractivity contribution is -0.137. The second kappa shape index (κ2) is 10.0. The number of amides is 1. The van der Waals surface area contributed by atoms with Gasteiger partial charge >= 0.3 is 5.97 Å². The van der Waals surface area contributed by atoms with Gasteiger partial charge in [-0.15, -0.1) is 0 Å². The fraction of sp³-hybridized carbons (Fsp3) is 0.524. The maximum atomic E-state index is 12.4. The van der Waals surface area contributed by atoms with Crippen molar-refractivity contribution in [3.05, 3.63) is 47.6 Å². The highest BCUT2D eigenvalue weighted by molar-refractivity contribution is 5.76. The molecule has 0 bridgehead atoms. The summed E-state index contributed by atoms with van der Waals surface area (Å²) in [5, 5.41) is 16.0. The summed E-state index contributed by atoms with van der Waals surface area (Å²) in [5.74, 6) is 0.640. The Balaban J connectivity index is 1.50. The molecule has 2 N–H and O–H groups in total. The van der Waals surface area contributed by atoms with Crippen molar-refractivity contribution in [2.75, 3.05) is 0 Å². The van der Waals surface area contributed by atoms with Gasteiger partial charge in [0.05, 0.1) is 0 Å². The van der Waals surface area contributed by atoms with Gasteiger partial charge in [-0.3, -0.25) is 9.59 Å². The summed E-state index contributed by atoms with van der Waals surface area (Å²) in [6, 6.07) is 9.53. The molecule has 1 aromatic heterocycles. The zero-order chi connectivity index (χ0) is 19.8. The van der Waals surface area contributed by atoms with Crippen LogP contribution in [0.15, 0.2) is 34.9 Å². The molecule has 1 heterocycles. The maximum Gasteiger partial charge on any atom is 0.303 e. The third-order valence-corrected chi connectivity index (χ3v) is 5.17. The van der Waals surface area contributed by atoms with Crippen molar-refractivity contribution in [2.24, 2.45) is 0 Å². The van der Waals surface area contributed by atoms with Gasteiger partial charge in [-0.05, 0) is 31.2 Å². The van der Waals surface area contributed by atoms with Gasteiger partial charge in [0.2, 0.25) is 11.8 Å². The molecule has 0 spiro atoms. The minimum absolute atomic E-state index is 0.0200. The second-order valence-corrected chi connectivity index (χ2v) is 7.41. The van der Waals surface area contributed by atoms with Crippen LogP contribution in [0.2, 0.25) is 0 Å². The molecule has 1 aliphatic carbocycles. The molecule has 1 unspecified atom stereocenters. The molecule has 1 aliphatic rings. The number of nitrogens with one attached hydrogen (secondary N) is 1.